The van der Waals surface area contributed by atoms with E-state index in [9.17, 15) is 0 Å². The van der Waals surface area contributed by atoms with E-state index in [4.69, 9.17) is 0 Å². The number of halogens is 2. The first-order valence-electron chi connectivity index (χ1n) is 6.35. The number of hydrogen-bond donors (Lipinski definition) is 0. The molecule has 4 rings (SSSR count). The largest absolute Gasteiger partial charge is 0.0508 e. The molecule has 0 nitrogen and oxygen atoms in total. The van der Waals surface area contributed by atoms with Crippen molar-refractivity contribution in [3.05, 3.63) is 55.5 Å². The molecule has 0 saturated heterocycles. The second kappa shape index (κ2) is 3.94. The predicted molar refractivity (Wildman–Crippen MR) is 82.1 cm³/mol. The van der Waals surface area contributed by atoms with Crippen LogP contribution >= 0.6 is 31.9 Å². The molecule has 0 spiro atoms. The SMILES string of the molecule is Brc1cc2c3c(c1)CCc1cc(Br)cc(c1-3)CC2. The Bertz CT molecular complexity index is 561. The first kappa shape index (κ1) is 11.2. The molecule has 0 aromatic heterocycles. The summed E-state index contributed by atoms with van der Waals surface area (Å²) in [6, 6.07) is 9.22. The molecule has 0 fully saturated rings. The van der Waals surface area contributed by atoms with Crippen LogP contribution in [0.3, 0.4) is 0 Å². The Labute approximate surface area is 124 Å². The van der Waals surface area contributed by atoms with E-state index in [2.05, 4.69) is 56.1 Å². The van der Waals surface area contributed by atoms with Gasteiger partial charge in [0.1, 0.15) is 0 Å². The first-order chi connectivity index (χ1) is 8.72. The van der Waals surface area contributed by atoms with E-state index in [1.807, 2.05) is 0 Å². The van der Waals surface area contributed by atoms with Crippen LogP contribution in [0.2, 0.25) is 0 Å². The molecule has 2 heteroatoms. The van der Waals surface area contributed by atoms with Crippen molar-refractivity contribution in [2.75, 3.05) is 0 Å². The maximum Gasteiger partial charge on any atom is 0.0181 e. The maximum absolute atomic E-state index is 3.65. The Morgan fingerprint density at radius 1 is 0.556 bits per heavy atom. The van der Waals surface area contributed by atoms with E-state index in [-0.39, 0.29) is 0 Å². The lowest BCUT2D eigenvalue weighted by Crippen LogP contribution is -2.14. The van der Waals surface area contributed by atoms with Crippen LogP contribution in [0.4, 0.5) is 0 Å². The van der Waals surface area contributed by atoms with Crippen molar-refractivity contribution in [1.82, 2.24) is 0 Å². The molecular formula is C16H12Br2. The molecule has 2 aromatic rings. The van der Waals surface area contributed by atoms with Crippen LogP contribution in [0.5, 0.6) is 0 Å². The number of rotatable bonds is 0. The van der Waals surface area contributed by atoms with Gasteiger partial charge in [-0.05, 0) is 83.3 Å². The van der Waals surface area contributed by atoms with Crippen LogP contribution in [-0.4, -0.2) is 0 Å². The third kappa shape index (κ3) is 1.55. The third-order valence-corrected chi connectivity index (χ3v) is 5.03. The third-order valence-electron chi connectivity index (χ3n) is 4.11. The molecule has 0 aliphatic heterocycles. The van der Waals surface area contributed by atoms with Gasteiger partial charge in [0, 0.05) is 8.95 Å². The second-order valence-corrected chi connectivity index (χ2v) is 7.03. The zero-order valence-electron chi connectivity index (χ0n) is 9.89. The van der Waals surface area contributed by atoms with Crippen molar-refractivity contribution >= 4 is 31.9 Å². The van der Waals surface area contributed by atoms with E-state index in [1.165, 1.54) is 68.0 Å². The van der Waals surface area contributed by atoms with Gasteiger partial charge in [0.2, 0.25) is 0 Å². The summed E-state index contributed by atoms with van der Waals surface area (Å²) < 4.78 is 2.47. The molecule has 90 valence electrons. The van der Waals surface area contributed by atoms with Crippen molar-refractivity contribution in [1.29, 1.82) is 0 Å². The average Bonchev–Trinajstić information content (AvgIpc) is 2.34. The Morgan fingerprint density at radius 3 is 1.11 bits per heavy atom. The van der Waals surface area contributed by atoms with E-state index >= 15 is 0 Å². The molecule has 0 amide bonds. The normalized spacial score (nSPS) is 15.4. The van der Waals surface area contributed by atoms with Crippen LogP contribution in [0.1, 0.15) is 22.3 Å². The first-order valence-corrected chi connectivity index (χ1v) is 7.94. The van der Waals surface area contributed by atoms with E-state index < -0.39 is 0 Å². The summed E-state index contributed by atoms with van der Waals surface area (Å²) >= 11 is 7.29. The second-order valence-electron chi connectivity index (χ2n) is 5.20. The standard InChI is InChI=1S/C16H12Br2/c17-13-5-9-1-2-10-6-14(18)8-12-4-3-11(7-13)15(9)16(10)12/h5-8H,1-4H2. The minimum atomic E-state index is 1.17. The Hall–Kier alpha value is -0.600. The monoisotopic (exact) mass is 362 g/mol. The van der Waals surface area contributed by atoms with E-state index in [0.717, 1.165) is 0 Å². The van der Waals surface area contributed by atoms with Crippen LogP contribution < -0.4 is 0 Å². The lowest BCUT2D eigenvalue weighted by atomic mass is 9.76. The van der Waals surface area contributed by atoms with Gasteiger partial charge < -0.3 is 0 Å². The number of aryl methyl sites for hydroxylation is 4. The molecule has 2 aromatic carbocycles. The summed E-state index contributed by atoms with van der Waals surface area (Å²) in [4.78, 5) is 0. The van der Waals surface area contributed by atoms with Crippen LogP contribution in [0, 0.1) is 0 Å². The fraction of sp³-hybridized carbons (Fsp3) is 0.250. The van der Waals surface area contributed by atoms with Crippen LogP contribution in [0.25, 0.3) is 11.1 Å². The van der Waals surface area contributed by atoms with Gasteiger partial charge in [-0.25, -0.2) is 0 Å². The maximum atomic E-state index is 3.65. The fourth-order valence-electron chi connectivity index (χ4n) is 3.42. The van der Waals surface area contributed by atoms with Gasteiger partial charge >= 0.3 is 0 Å². The van der Waals surface area contributed by atoms with Gasteiger partial charge in [0.05, 0.1) is 0 Å². The topological polar surface area (TPSA) is 0 Å². The molecule has 0 N–H and O–H groups in total. The quantitative estimate of drug-likeness (QED) is 0.612. The minimum Gasteiger partial charge on any atom is -0.0508 e. The van der Waals surface area contributed by atoms with Crippen LogP contribution in [-0.2, 0) is 25.7 Å². The summed E-state index contributed by atoms with van der Waals surface area (Å²) in [5.41, 5.74) is 9.16. The lowest BCUT2D eigenvalue weighted by molar-refractivity contribution is 0.873. The van der Waals surface area contributed by atoms with E-state index in [0.29, 0.717) is 0 Å². The predicted octanol–water partition coefficient (Wildman–Crippen LogP) is 5.08. The highest BCUT2D eigenvalue weighted by molar-refractivity contribution is 9.10. The molecule has 18 heavy (non-hydrogen) atoms. The van der Waals surface area contributed by atoms with Crippen molar-refractivity contribution in [2.45, 2.75) is 25.7 Å². The van der Waals surface area contributed by atoms with Gasteiger partial charge in [-0.2, -0.15) is 0 Å². The molecule has 0 radical (unpaired) electrons. The van der Waals surface area contributed by atoms with Crippen LogP contribution in [0.15, 0.2) is 33.2 Å². The van der Waals surface area contributed by atoms with Gasteiger partial charge in [-0.1, -0.05) is 31.9 Å². The Balaban J connectivity index is 2.10. The van der Waals surface area contributed by atoms with Crippen molar-refractivity contribution in [3.63, 3.8) is 0 Å². The molecule has 0 bridgehead atoms. The minimum absolute atomic E-state index is 1.17. The lowest BCUT2D eigenvalue weighted by Gasteiger charge is -2.29. The summed E-state index contributed by atoms with van der Waals surface area (Å²) in [7, 11) is 0. The molecule has 0 unspecified atom stereocenters. The zero-order chi connectivity index (χ0) is 12.3. The highest BCUT2D eigenvalue weighted by atomic mass is 79.9. The summed E-state index contributed by atoms with van der Waals surface area (Å²) in [5, 5.41) is 0. The highest BCUT2D eigenvalue weighted by Crippen LogP contribution is 2.44. The Morgan fingerprint density at radius 2 is 0.833 bits per heavy atom. The number of hydrogen-bond acceptors (Lipinski definition) is 0. The molecule has 0 atom stereocenters. The summed E-state index contributed by atoms with van der Waals surface area (Å²) in [6.07, 6.45) is 4.69. The number of benzene rings is 2. The van der Waals surface area contributed by atoms with Crippen molar-refractivity contribution in [3.8, 4) is 11.1 Å². The van der Waals surface area contributed by atoms with Gasteiger partial charge in [0.15, 0.2) is 0 Å². The highest BCUT2D eigenvalue weighted by Gasteiger charge is 2.26. The summed E-state index contributed by atoms with van der Waals surface area (Å²) in [6.45, 7) is 0. The fourth-order valence-corrected chi connectivity index (χ4v) is 4.53. The summed E-state index contributed by atoms with van der Waals surface area (Å²) in [5.74, 6) is 0. The molecular weight excluding hydrogens is 352 g/mol. The molecule has 2 aliphatic carbocycles. The molecule has 0 heterocycles. The Kier molecular flexibility index (Phi) is 2.46. The van der Waals surface area contributed by atoms with Gasteiger partial charge in [-0.3, -0.25) is 0 Å². The average molecular weight is 364 g/mol. The van der Waals surface area contributed by atoms with Gasteiger partial charge in [-0.15, -0.1) is 0 Å². The van der Waals surface area contributed by atoms with Crippen molar-refractivity contribution < 1.29 is 0 Å². The van der Waals surface area contributed by atoms with Gasteiger partial charge in [0.25, 0.3) is 0 Å². The van der Waals surface area contributed by atoms with E-state index in [1.54, 1.807) is 0 Å². The molecule has 0 saturated carbocycles. The molecule has 2 aliphatic rings. The smallest absolute Gasteiger partial charge is 0.0181 e. The van der Waals surface area contributed by atoms with Crippen molar-refractivity contribution in [2.24, 2.45) is 0 Å². The zero-order valence-corrected chi connectivity index (χ0v) is 13.1.